The molecule has 0 saturated carbocycles. The second-order valence-electron chi connectivity index (χ2n) is 5.29. The molecule has 2 N–H and O–H groups in total. The molecule has 0 aromatic heterocycles. The largest absolute Gasteiger partial charge is 0.329 e. The van der Waals surface area contributed by atoms with Gasteiger partial charge in [0.05, 0.1) is 0 Å². The van der Waals surface area contributed by atoms with Crippen LogP contribution in [0.2, 0.25) is 0 Å². The lowest BCUT2D eigenvalue weighted by atomic mass is 10.0. The number of hydrogen-bond acceptors (Lipinski definition) is 3. The summed E-state index contributed by atoms with van der Waals surface area (Å²) in [5, 5.41) is 1.44. The van der Waals surface area contributed by atoms with Crippen molar-refractivity contribution in [3.63, 3.8) is 0 Å². The van der Waals surface area contributed by atoms with E-state index < -0.39 is 0 Å². The van der Waals surface area contributed by atoms with Crippen LogP contribution in [0.1, 0.15) is 19.4 Å². The normalized spacial score (nSPS) is 27.1. The van der Waals surface area contributed by atoms with Crippen LogP contribution in [-0.2, 0) is 6.42 Å². The number of nitrogens with zero attached hydrogens (tertiary/aromatic N) is 1. The fourth-order valence-corrected chi connectivity index (χ4v) is 4.11. The van der Waals surface area contributed by atoms with E-state index in [0.29, 0.717) is 6.04 Å². The topological polar surface area (TPSA) is 29.3 Å². The molecular weight excluding hydrogens is 240 g/mol. The smallest absolute Gasteiger partial charge is 0.0259 e. The standard InChI is InChI=1S/C15H24N2S/c1-12-10-17(11-13(2)18-12)15(9-16)8-14-6-4-3-5-7-14/h3-7,12-13,15H,8-11,16H2,1-2H3. The molecule has 1 saturated heterocycles. The number of benzene rings is 1. The van der Waals surface area contributed by atoms with Crippen LogP contribution in [0.3, 0.4) is 0 Å². The fourth-order valence-electron chi connectivity index (χ4n) is 2.76. The zero-order chi connectivity index (χ0) is 13.0. The van der Waals surface area contributed by atoms with Gasteiger partial charge in [0, 0.05) is 36.2 Å². The van der Waals surface area contributed by atoms with Gasteiger partial charge in [-0.05, 0) is 12.0 Å². The highest BCUT2D eigenvalue weighted by Gasteiger charge is 2.27. The summed E-state index contributed by atoms with van der Waals surface area (Å²) in [6.45, 7) is 7.74. The number of thioether (sulfide) groups is 1. The maximum atomic E-state index is 5.99. The van der Waals surface area contributed by atoms with Crippen LogP contribution >= 0.6 is 11.8 Å². The summed E-state index contributed by atoms with van der Waals surface area (Å²) in [5.41, 5.74) is 7.39. The summed E-state index contributed by atoms with van der Waals surface area (Å²) >= 11 is 2.10. The molecule has 3 heteroatoms. The van der Waals surface area contributed by atoms with Gasteiger partial charge in [0.1, 0.15) is 0 Å². The Morgan fingerprint density at radius 1 is 1.22 bits per heavy atom. The fraction of sp³-hybridized carbons (Fsp3) is 0.600. The molecular formula is C15H24N2S. The third-order valence-corrected chi connectivity index (χ3v) is 4.78. The molecule has 3 unspecified atom stereocenters. The van der Waals surface area contributed by atoms with Gasteiger partial charge in [-0.3, -0.25) is 4.90 Å². The first kappa shape index (κ1) is 13.9. The first-order valence-corrected chi connectivity index (χ1v) is 7.77. The van der Waals surface area contributed by atoms with Crippen LogP contribution in [0, 0.1) is 0 Å². The van der Waals surface area contributed by atoms with Crippen molar-refractivity contribution in [2.45, 2.75) is 36.8 Å². The highest BCUT2D eigenvalue weighted by molar-refractivity contribution is 8.00. The van der Waals surface area contributed by atoms with Crippen molar-refractivity contribution < 1.29 is 0 Å². The first-order chi connectivity index (χ1) is 8.69. The zero-order valence-electron chi connectivity index (χ0n) is 11.4. The molecule has 1 heterocycles. The number of nitrogens with two attached hydrogens (primary N) is 1. The van der Waals surface area contributed by atoms with E-state index in [1.54, 1.807) is 0 Å². The lowest BCUT2D eigenvalue weighted by Crippen LogP contribution is -2.50. The van der Waals surface area contributed by atoms with Gasteiger partial charge in [0.25, 0.3) is 0 Å². The van der Waals surface area contributed by atoms with Crippen LogP contribution in [0.4, 0.5) is 0 Å². The Balaban J connectivity index is 2.00. The summed E-state index contributed by atoms with van der Waals surface area (Å²) < 4.78 is 0. The van der Waals surface area contributed by atoms with Gasteiger partial charge < -0.3 is 5.73 Å². The molecule has 1 fully saturated rings. The SMILES string of the molecule is CC1CN(C(CN)Cc2ccccc2)CC(C)S1. The molecule has 2 rings (SSSR count). The predicted octanol–water partition coefficient (Wildman–Crippen LogP) is 2.38. The minimum atomic E-state index is 0.484. The molecule has 1 aromatic rings. The quantitative estimate of drug-likeness (QED) is 0.905. The Bertz CT molecular complexity index is 345. The average Bonchev–Trinajstić information content (AvgIpc) is 2.36. The number of rotatable bonds is 4. The zero-order valence-corrected chi connectivity index (χ0v) is 12.2. The molecule has 1 aliphatic rings. The van der Waals surface area contributed by atoms with Crippen LogP contribution in [0.25, 0.3) is 0 Å². The molecule has 1 aliphatic heterocycles. The maximum Gasteiger partial charge on any atom is 0.0259 e. The molecule has 2 nitrogen and oxygen atoms in total. The number of hydrogen-bond donors (Lipinski definition) is 1. The average molecular weight is 264 g/mol. The maximum absolute atomic E-state index is 5.99. The summed E-state index contributed by atoms with van der Waals surface area (Å²) in [5.74, 6) is 0. The molecule has 18 heavy (non-hydrogen) atoms. The predicted molar refractivity (Wildman–Crippen MR) is 81.1 cm³/mol. The Hall–Kier alpha value is -0.510. The van der Waals surface area contributed by atoms with Crippen molar-refractivity contribution in [3.8, 4) is 0 Å². The van der Waals surface area contributed by atoms with E-state index >= 15 is 0 Å². The van der Waals surface area contributed by atoms with Crippen LogP contribution < -0.4 is 5.73 Å². The van der Waals surface area contributed by atoms with E-state index in [-0.39, 0.29) is 0 Å². The van der Waals surface area contributed by atoms with Crippen LogP contribution in [0.15, 0.2) is 30.3 Å². The van der Waals surface area contributed by atoms with Gasteiger partial charge in [-0.25, -0.2) is 0 Å². The van der Waals surface area contributed by atoms with Crippen LogP contribution in [0.5, 0.6) is 0 Å². The molecule has 0 bridgehead atoms. The van der Waals surface area contributed by atoms with Crippen molar-refractivity contribution in [1.29, 1.82) is 0 Å². The Kier molecular flexibility index (Phi) is 5.10. The van der Waals surface area contributed by atoms with Gasteiger partial charge in [-0.2, -0.15) is 11.8 Å². The Labute approximate surface area is 115 Å². The third-order valence-electron chi connectivity index (χ3n) is 3.55. The summed E-state index contributed by atoms with van der Waals surface area (Å²) in [6, 6.07) is 11.2. The molecule has 0 aliphatic carbocycles. The lowest BCUT2D eigenvalue weighted by molar-refractivity contribution is 0.196. The molecule has 0 amide bonds. The third kappa shape index (κ3) is 3.74. The molecule has 0 spiro atoms. The summed E-state index contributed by atoms with van der Waals surface area (Å²) in [6.07, 6.45) is 1.07. The van der Waals surface area contributed by atoms with Crippen molar-refractivity contribution in [2.75, 3.05) is 19.6 Å². The van der Waals surface area contributed by atoms with Crippen molar-refractivity contribution in [3.05, 3.63) is 35.9 Å². The van der Waals surface area contributed by atoms with E-state index in [1.807, 2.05) is 0 Å². The van der Waals surface area contributed by atoms with Crippen molar-refractivity contribution >= 4 is 11.8 Å². The van der Waals surface area contributed by atoms with Crippen molar-refractivity contribution in [1.82, 2.24) is 4.90 Å². The van der Waals surface area contributed by atoms with Crippen molar-refractivity contribution in [2.24, 2.45) is 5.73 Å². The monoisotopic (exact) mass is 264 g/mol. The molecule has 100 valence electrons. The van der Waals surface area contributed by atoms with Gasteiger partial charge in [-0.15, -0.1) is 0 Å². The second-order valence-corrected chi connectivity index (χ2v) is 7.17. The molecule has 0 radical (unpaired) electrons. The first-order valence-electron chi connectivity index (χ1n) is 6.82. The highest BCUT2D eigenvalue weighted by Crippen LogP contribution is 2.26. The Morgan fingerprint density at radius 2 is 1.83 bits per heavy atom. The summed E-state index contributed by atoms with van der Waals surface area (Å²) in [7, 11) is 0. The van der Waals surface area contributed by atoms with E-state index in [0.717, 1.165) is 23.5 Å². The van der Waals surface area contributed by atoms with E-state index in [9.17, 15) is 0 Å². The van der Waals surface area contributed by atoms with E-state index in [2.05, 4.69) is 60.8 Å². The van der Waals surface area contributed by atoms with Gasteiger partial charge in [-0.1, -0.05) is 44.2 Å². The molecule has 1 aromatic carbocycles. The highest BCUT2D eigenvalue weighted by atomic mass is 32.2. The lowest BCUT2D eigenvalue weighted by Gasteiger charge is -2.39. The molecule has 3 atom stereocenters. The van der Waals surface area contributed by atoms with Crippen LogP contribution in [-0.4, -0.2) is 41.1 Å². The van der Waals surface area contributed by atoms with Gasteiger partial charge >= 0.3 is 0 Å². The summed E-state index contributed by atoms with van der Waals surface area (Å²) in [4.78, 5) is 2.58. The minimum Gasteiger partial charge on any atom is -0.329 e. The minimum absolute atomic E-state index is 0.484. The van der Waals surface area contributed by atoms with E-state index in [4.69, 9.17) is 5.73 Å². The second kappa shape index (κ2) is 6.60. The van der Waals surface area contributed by atoms with Gasteiger partial charge in [0.15, 0.2) is 0 Å². The Morgan fingerprint density at radius 3 is 2.39 bits per heavy atom. The van der Waals surface area contributed by atoms with E-state index in [1.165, 1.54) is 18.7 Å². The van der Waals surface area contributed by atoms with Gasteiger partial charge in [0.2, 0.25) is 0 Å².